The molecular weight excluding hydrogens is 349 g/mol. The van der Waals surface area contributed by atoms with Crippen molar-refractivity contribution in [1.82, 2.24) is 25.2 Å². The zero-order valence-corrected chi connectivity index (χ0v) is 15.1. The van der Waals surface area contributed by atoms with Crippen molar-refractivity contribution < 1.29 is 9.18 Å². The average Bonchev–Trinajstić information content (AvgIpc) is 2.64. The highest BCUT2D eigenvalue weighted by Gasteiger charge is 2.17. The predicted molar refractivity (Wildman–Crippen MR) is 99.6 cm³/mol. The molecule has 7 nitrogen and oxygen atoms in total. The molecule has 1 N–H and O–H groups in total. The highest BCUT2D eigenvalue weighted by Crippen LogP contribution is 2.18. The van der Waals surface area contributed by atoms with E-state index in [0.717, 1.165) is 10.2 Å². The summed E-state index contributed by atoms with van der Waals surface area (Å²) >= 11 is 0. The number of rotatable bonds is 6. The molecule has 1 aromatic heterocycles. The number of likely N-dealkylation sites (N-methyl/N-ethyl adjacent to an activating group) is 1. The fraction of sp³-hybridized carbons (Fsp3) is 0.263. The second kappa shape index (κ2) is 8.05. The van der Waals surface area contributed by atoms with Crippen LogP contribution in [0, 0.1) is 5.82 Å². The van der Waals surface area contributed by atoms with Crippen molar-refractivity contribution in [3.8, 4) is 0 Å². The van der Waals surface area contributed by atoms with Crippen molar-refractivity contribution in [2.24, 2.45) is 0 Å². The first-order chi connectivity index (χ1) is 13.0. The van der Waals surface area contributed by atoms with Gasteiger partial charge in [-0.2, -0.15) is 0 Å². The number of carbonyl (C=O) groups excluding carboxylic acids is 1. The minimum Gasteiger partial charge on any atom is -0.353 e. The summed E-state index contributed by atoms with van der Waals surface area (Å²) in [6.07, 6.45) is 0. The molecular formula is C19H20FN5O2. The molecule has 0 spiro atoms. The number of benzene rings is 2. The molecule has 2 aromatic carbocycles. The molecule has 0 aliphatic rings. The van der Waals surface area contributed by atoms with Crippen molar-refractivity contribution in [2.75, 3.05) is 20.6 Å². The van der Waals surface area contributed by atoms with Crippen LogP contribution in [0.15, 0.2) is 53.3 Å². The highest BCUT2D eigenvalue weighted by atomic mass is 19.1. The number of hydrogen-bond acceptors (Lipinski definition) is 5. The van der Waals surface area contributed by atoms with Gasteiger partial charge >= 0.3 is 0 Å². The number of halogens is 1. The third-order valence-electron chi connectivity index (χ3n) is 4.27. The Bertz CT molecular complexity index is 1020. The lowest BCUT2D eigenvalue weighted by atomic mass is 10.1. The number of aromatic nitrogens is 3. The first-order valence-corrected chi connectivity index (χ1v) is 8.47. The fourth-order valence-corrected chi connectivity index (χ4v) is 2.84. The van der Waals surface area contributed by atoms with Crippen LogP contribution in [0.3, 0.4) is 0 Å². The van der Waals surface area contributed by atoms with Gasteiger partial charge in [-0.1, -0.05) is 29.5 Å². The van der Waals surface area contributed by atoms with Crippen LogP contribution in [0.1, 0.15) is 11.6 Å². The summed E-state index contributed by atoms with van der Waals surface area (Å²) in [7, 11) is 3.70. The Kier molecular flexibility index (Phi) is 5.56. The van der Waals surface area contributed by atoms with E-state index in [1.165, 1.54) is 12.1 Å². The van der Waals surface area contributed by atoms with E-state index in [4.69, 9.17) is 0 Å². The van der Waals surface area contributed by atoms with Crippen LogP contribution in [0.5, 0.6) is 0 Å². The lowest BCUT2D eigenvalue weighted by Gasteiger charge is -2.25. The standard InChI is InChI=1S/C19H20FN5O2/c1-24(2)17(13-6-5-7-14(20)10-13)11-21-18(26)12-25-19(27)15-8-3-4-9-16(15)22-23-25/h3-10,17H,11-12H2,1-2H3,(H,21,26). The van der Waals surface area contributed by atoms with Gasteiger partial charge in [-0.15, -0.1) is 5.10 Å². The van der Waals surface area contributed by atoms with E-state index in [2.05, 4.69) is 15.6 Å². The number of nitrogens with zero attached hydrogens (tertiary/aromatic N) is 4. The number of hydrogen-bond donors (Lipinski definition) is 1. The third-order valence-corrected chi connectivity index (χ3v) is 4.27. The first kappa shape index (κ1) is 18.7. The minimum atomic E-state index is -0.370. The van der Waals surface area contributed by atoms with Crippen molar-refractivity contribution >= 4 is 16.8 Å². The van der Waals surface area contributed by atoms with Crippen LogP contribution in [0.25, 0.3) is 10.9 Å². The van der Waals surface area contributed by atoms with Crippen LogP contribution in [0.4, 0.5) is 4.39 Å². The molecule has 1 atom stereocenters. The molecule has 27 heavy (non-hydrogen) atoms. The molecule has 0 fully saturated rings. The Morgan fingerprint density at radius 2 is 2.00 bits per heavy atom. The van der Waals surface area contributed by atoms with Gasteiger partial charge in [0.1, 0.15) is 17.9 Å². The van der Waals surface area contributed by atoms with Gasteiger partial charge in [-0.25, -0.2) is 9.07 Å². The summed E-state index contributed by atoms with van der Waals surface area (Å²) in [4.78, 5) is 26.6. The maximum atomic E-state index is 13.5. The van der Waals surface area contributed by atoms with Crippen molar-refractivity contribution in [3.05, 3.63) is 70.3 Å². The molecule has 0 aliphatic carbocycles. The summed E-state index contributed by atoms with van der Waals surface area (Å²) in [6.45, 7) is 0.0328. The quantitative estimate of drug-likeness (QED) is 0.710. The second-order valence-electron chi connectivity index (χ2n) is 6.41. The summed E-state index contributed by atoms with van der Waals surface area (Å²) < 4.78 is 14.5. The van der Waals surface area contributed by atoms with Gasteiger partial charge in [0.15, 0.2) is 0 Å². The largest absolute Gasteiger partial charge is 0.353 e. The first-order valence-electron chi connectivity index (χ1n) is 8.47. The molecule has 3 rings (SSSR count). The minimum absolute atomic E-state index is 0.205. The summed E-state index contributed by atoms with van der Waals surface area (Å²) in [5.41, 5.74) is 0.867. The Morgan fingerprint density at radius 3 is 2.74 bits per heavy atom. The number of amides is 1. The molecule has 1 amide bonds. The Labute approximate surface area is 155 Å². The predicted octanol–water partition coefficient (Wildman–Crippen LogP) is 1.35. The van der Waals surface area contributed by atoms with Gasteiger partial charge in [0, 0.05) is 6.54 Å². The van der Waals surface area contributed by atoms with Crippen LogP contribution in [0.2, 0.25) is 0 Å². The third kappa shape index (κ3) is 4.35. The molecule has 0 radical (unpaired) electrons. The summed E-state index contributed by atoms with van der Waals surface area (Å²) in [5.74, 6) is -0.700. The number of carbonyl (C=O) groups is 1. The van der Waals surface area contributed by atoms with Gasteiger partial charge in [0.2, 0.25) is 5.91 Å². The van der Waals surface area contributed by atoms with Gasteiger partial charge in [0.05, 0.1) is 11.4 Å². The van der Waals surface area contributed by atoms with E-state index < -0.39 is 0 Å². The monoisotopic (exact) mass is 369 g/mol. The SMILES string of the molecule is CN(C)C(CNC(=O)Cn1nnc2ccccc2c1=O)c1cccc(F)c1. The van der Waals surface area contributed by atoms with Crippen LogP contribution in [-0.2, 0) is 11.3 Å². The summed E-state index contributed by atoms with van der Waals surface area (Å²) in [6, 6.07) is 12.9. The molecule has 0 saturated carbocycles. The van der Waals surface area contributed by atoms with Crippen LogP contribution >= 0.6 is 0 Å². The van der Waals surface area contributed by atoms with Crippen molar-refractivity contribution in [2.45, 2.75) is 12.6 Å². The topological polar surface area (TPSA) is 80.1 Å². The molecule has 8 heteroatoms. The zero-order valence-electron chi connectivity index (χ0n) is 15.1. The van der Waals surface area contributed by atoms with Gasteiger partial charge in [-0.05, 0) is 43.9 Å². The van der Waals surface area contributed by atoms with Gasteiger partial charge in [0.25, 0.3) is 5.56 Å². The molecule has 0 saturated heterocycles. The van der Waals surface area contributed by atoms with E-state index in [1.54, 1.807) is 36.4 Å². The van der Waals surface area contributed by atoms with Crippen LogP contribution < -0.4 is 10.9 Å². The molecule has 3 aromatic rings. The molecule has 0 bridgehead atoms. The van der Waals surface area contributed by atoms with Crippen LogP contribution in [-0.4, -0.2) is 46.4 Å². The van der Waals surface area contributed by atoms with E-state index in [-0.39, 0.29) is 36.4 Å². The Hall–Kier alpha value is -3.13. The second-order valence-corrected chi connectivity index (χ2v) is 6.41. The van der Waals surface area contributed by atoms with E-state index in [9.17, 15) is 14.0 Å². The van der Waals surface area contributed by atoms with E-state index >= 15 is 0 Å². The lowest BCUT2D eigenvalue weighted by Crippen LogP contribution is -2.38. The molecule has 0 aliphatic heterocycles. The maximum Gasteiger partial charge on any atom is 0.278 e. The zero-order chi connectivity index (χ0) is 19.4. The summed E-state index contributed by atoms with van der Waals surface area (Å²) in [5, 5.41) is 11.0. The lowest BCUT2D eigenvalue weighted by molar-refractivity contribution is -0.122. The molecule has 1 unspecified atom stereocenters. The maximum absolute atomic E-state index is 13.5. The molecule has 1 heterocycles. The molecule has 140 valence electrons. The Balaban J connectivity index is 1.70. The Morgan fingerprint density at radius 1 is 1.22 bits per heavy atom. The normalized spacial score (nSPS) is 12.3. The van der Waals surface area contributed by atoms with Crippen molar-refractivity contribution in [1.29, 1.82) is 0 Å². The smallest absolute Gasteiger partial charge is 0.278 e. The van der Waals surface area contributed by atoms with E-state index in [1.807, 2.05) is 19.0 Å². The van der Waals surface area contributed by atoms with Crippen molar-refractivity contribution in [3.63, 3.8) is 0 Å². The highest BCUT2D eigenvalue weighted by molar-refractivity contribution is 5.78. The van der Waals surface area contributed by atoms with Gasteiger partial charge in [-0.3, -0.25) is 9.59 Å². The van der Waals surface area contributed by atoms with E-state index in [0.29, 0.717) is 10.9 Å². The number of fused-ring (bicyclic) bond motifs is 1. The average molecular weight is 369 g/mol. The fourth-order valence-electron chi connectivity index (χ4n) is 2.84. The van der Waals surface area contributed by atoms with Gasteiger partial charge < -0.3 is 10.2 Å². The number of nitrogens with one attached hydrogen (secondary N) is 1.